The molecular formula is Co3Ge3N4. The largest absolute Gasteiger partial charge is 4.00 e. The molecule has 0 saturated carbocycles. The average Bonchev–Trinajstić information content (AvgIpc) is 0. The number of rotatable bonds is 0. The van der Waals surface area contributed by atoms with E-state index in [0.29, 0.717) is 0 Å². The van der Waals surface area contributed by atoms with E-state index in [9.17, 15) is 0 Å². The second kappa shape index (κ2) is 162. The van der Waals surface area contributed by atoms with Gasteiger partial charge in [-0.3, -0.25) is 0 Å². The molecule has 59 valence electrons. The van der Waals surface area contributed by atoms with Gasteiger partial charge in [-0.2, -0.15) is 0 Å². The molecule has 0 amide bonds. The van der Waals surface area contributed by atoms with Gasteiger partial charge in [-0.05, 0) is 0 Å². The molecule has 0 N–H and O–H groups in total. The Hall–Kier alpha value is 2.99. The molecule has 0 atom stereocenters. The molecule has 0 heterocycles. The van der Waals surface area contributed by atoms with E-state index in [1.165, 1.54) is 0 Å². The van der Waals surface area contributed by atoms with E-state index in [2.05, 4.69) is 0 Å². The molecule has 0 aromatic rings. The molecule has 0 saturated heterocycles. The summed E-state index contributed by atoms with van der Waals surface area (Å²) in [4.78, 5) is 0. The first kappa shape index (κ1) is 209. The first-order valence-corrected chi connectivity index (χ1v) is 0. The third-order valence-electron chi connectivity index (χ3n) is 0. The van der Waals surface area contributed by atoms with Gasteiger partial charge >= 0.3 is 52.8 Å². The van der Waals surface area contributed by atoms with Crippen LogP contribution in [0.5, 0.6) is 0 Å². The summed E-state index contributed by atoms with van der Waals surface area (Å²) < 4.78 is 0. The van der Waals surface area contributed by atoms with Gasteiger partial charge in [0.15, 0.2) is 0 Å². The van der Waals surface area contributed by atoms with E-state index in [1.807, 2.05) is 0 Å². The van der Waals surface area contributed by atoms with Crippen molar-refractivity contribution in [3.63, 3.8) is 0 Å². The minimum atomic E-state index is 0. The second-order valence-corrected chi connectivity index (χ2v) is 0. The average molecular weight is 451 g/mol. The Balaban J connectivity index is 0. The first-order chi connectivity index (χ1) is 0. The number of hydrogen-bond donors (Lipinski definition) is 0. The Kier molecular flexibility index (Phi) is 3390. The number of hydrogen-bond acceptors (Lipinski definition) is 0. The maximum Gasteiger partial charge on any atom is 4.00 e. The van der Waals surface area contributed by atoms with E-state index < -0.39 is 0 Å². The molecule has 4 nitrogen and oxygen atoms in total. The Labute approximate surface area is 126 Å². The van der Waals surface area contributed by atoms with Crippen molar-refractivity contribution in [1.82, 2.24) is 0 Å². The van der Waals surface area contributed by atoms with Crippen LogP contribution in [0.15, 0.2) is 0 Å². The van der Waals surface area contributed by atoms with Crippen molar-refractivity contribution in [3.05, 3.63) is 24.6 Å². The Morgan fingerprint density at radius 3 is 0.300 bits per heavy atom. The van der Waals surface area contributed by atoms with E-state index in [1.54, 1.807) is 0 Å². The van der Waals surface area contributed by atoms with Gasteiger partial charge in [0.25, 0.3) is 0 Å². The van der Waals surface area contributed by atoms with E-state index in [4.69, 9.17) is 0 Å². The van der Waals surface area contributed by atoms with Gasteiger partial charge in [-0.25, -0.2) is 0 Å². The SMILES string of the molecule is [Co].[Co].[Co].[Ge+4].[Ge+4].[Ge+4].[N-3].[N-3].[N-3].[N-3]. The molecule has 0 aliphatic carbocycles. The predicted molar refractivity (Wildman–Crippen MR) is 30.7 cm³/mol. The van der Waals surface area contributed by atoms with Crippen LogP contribution in [0.25, 0.3) is 24.6 Å². The fourth-order valence-corrected chi connectivity index (χ4v) is 0. The zero-order valence-electron chi connectivity index (χ0n) is 4.29. The normalized spacial score (nSPS) is 0. The van der Waals surface area contributed by atoms with Gasteiger partial charge in [0.1, 0.15) is 0 Å². The topological polar surface area (TPSA) is 122 Å². The van der Waals surface area contributed by atoms with Crippen molar-refractivity contribution in [2.45, 2.75) is 0 Å². The van der Waals surface area contributed by atoms with E-state index in [-0.39, 0.29) is 128 Å². The zero-order chi connectivity index (χ0) is 0. The van der Waals surface area contributed by atoms with Crippen molar-refractivity contribution in [3.8, 4) is 0 Å². The molecule has 0 aliphatic rings. The van der Waals surface area contributed by atoms with Crippen LogP contribution in [0.3, 0.4) is 0 Å². The molecule has 10 heteroatoms. The van der Waals surface area contributed by atoms with Crippen molar-refractivity contribution < 1.29 is 50.3 Å². The maximum atomic E-state index is 0. The van der Waals surface area contributed by atoms with Gasteiger partial charge in [0, 0.05) is 50.3 Å². The Morgan fingerprint density at radius 2 is 0.300 bits per heavy atom. The minimum Gasteiger partial charge on any atom is -3.00 e. The van der Waals surface area contributed by atoms with Crippen molar-refractivity contribution >= 4 is 52.8 Å². The zero-order valence-corrected chi connectivity index (χ0v) is 13.7. The molecule has 0 rings (SSSR count). The Bertz CT molecular complexity index is 15.7. The van der Waals surface area contributed by atoms with Crippen LogP contribution in [0.4, 0.5) is 0 Å². The van der Waals surface area contributed by atoms with Gasteiger partial charge in [-0.1, -0.05) is 0 Å². The molecule has 0 bridgehead atoms. The van der Waals surface area contributed by atoms with Crippen LogP contribution in [0.2, 0.25) is 0 Å². The molecule has 3 radical (unpaired) electrons. The van der Waals surface area contributed by atoms with E-state index >= 15 is 0 Å². The summed E-state index contributed by atoms with van der Waals surface area (Å²) in [5.41, 5.74) is 0. The van der Waals surface area contributed by atoms with Gasteiger partial charge in [0.05, 0.1) is 0 Å². The summed E-state index contributed by atoms with van der Waals surface area (Å²) in [6, 6.07) is 0. The standard InChI is InChI=1S/3Co.3Ge.4N/q;;;3*+4;4*-3. The van der Waals surface area contributed by atoms with Gasteiger partial charge in [-0.15, -0.1) is 0 Å². The van der Waals surface area contributed by atoms with Crippen molar-refractivity contribution in [1.29, 1.82) is 0 Å². The summed E-state index contributed by atoms with van der Waals surface area (Å²) in [5, 5.41) is 0. The fourth-order valence-electron chi connectivity index (χ4n) is 0. The van der Waals surface area contributed by atoms with E-state index in [0.717, 1.165) is 0 Å². The van der Waals surface area contributed by atoms with Gasteiger partial charge < -0.3 is 24.6 Å². The molecule has 0 aromatic carbocycles. The first-order valence-electron chi connectivity index (χ1n) is 0. The molecule has 0 fully saturated rings. The summed E-state index contributed by atoms with van der Waals surface area (Å²) >= 11 is 0. The van der Waals surface area contributed by atoms with Gasteiger partial charge in [0.2, 0.25) is 0 Å². The third-order valence-corrected chi connectivity index (χ3v) is 0. The Morgan fingerprint density at radius 1 is 0.300 bits per heavy atom. The smallest absolute Gasteiger partial charge is 3.00 e. The van der Waals surface area contributed by atoms with Crippen LogP contribution in [0, 0.1) is 0 Å². The minimum absolute atomic E-state index is 0. The van der Waals surface area contributed by atoms with Crippen molar-refractivity contribution in [2.24, 2.45) is 0 Å². The van der Waals surface area contributed by atoms with Crippen LogP contribution in [0.1, 0.15) is 0 Å². The monoisotopic (exact) mass is 455 g/mol. The van der Waals surface area contributed by atoms with Crippen LogP contribution in [-0.2, 0) is 50.3 Å². The molecular weight excluding hydrogens is 451 g/mol. The molecule has 0 aliphatic heterocycles. The maximum absolute atomic E-state index is 0. The summed E-state index contributed by atoms with van der Waals surface area (Å²) in [7, 11) is 0. The molecule has 0 unspecified atom stereocenters. The quantitative estimate of drug-likeness (QED) is 0.462. The number of nitrogens with zero attached hydrogens (tertiary/aromatic N) is 4. The third kappa shape index (κ3) is 123. The molecule has 10 heavy (non-hydrogen) atoms. The van der Waals surface area contributed by atoms with Crippen molar-refractivity contribution in [2.75, 3.05) is 0 Å². The van der Waals surface area contributed by atoms with Crippen LogP contribution >= 0.6 is 0 Å². The fraction of sp³-hybridized carbons (Fsp3) is 0. The van der Waals surface area contributed by atoms with Crippen LogP contribution < -0.4 is 0 Å². The second-order valence-electron chi connectivity index (χ2n) is 0. The predicted octanol–water partition coefficient (Wildman–Crippen LogP) is 0.00490. The summed E-state index contributed by atoms with van der Waals surface area (Å²) in [6.45, 7) is 0. The van der Waals surface area contributed by atoms with Crippen LogP contribution in [-0.4, -0.2) is 52.8 Å². The summed E-state index contributed by atoms with van der Waals surface area (Å²) in [6.07, 6.45) is 0. The summed E-state index contributed by atoms with van der Waals surface area (Å²) in [5.74, 6) is 0. The molecule has 0 aromatic heterocycles. The molecule has 0 spiro atoms.